The van der Waals surface area contributed by atoms with Crippen LogP contribution in [0.25, 0.3) is 0 Å². The average Bonchev–Trinajstić information content (AvgIpc) is 2.37. The van der Waals surface area contributed by atoms with Crippen LogP contribution < -0.4 is 15.4 Å². The highest BCUT2D eigenvalue weighted by Crippen LogP contribution is 2.34. The Balaban J connectivity index is 2.37. The first-order chi connectivity index (χ1) is 9.54. The van der Waals surface area contributed by atoms with Crippen LogP contribution in [0.2, 0.25) is 0 Å². The molecule has 1 aromatic carbocycles. The predicted octanol–water partition coefficient (Wildman–Crippen LogP) is 2.67. The lowest BCUT2D eigenvalue weighted by molar-refractivity contribution is 0.191. The number of halogens is 2. The molecule has 0 aliphatic heterocycles. The minimum absolute atomic E-state index is 0.298. The van der Waals surface area contributed by atoms with E-state index in [1.807, 2.05) is 6.92 Å². The lowest BCUT2D eigenvalue weighted by Crippen LogP contribution is -2.31. The monoisotopic (exact) mass is 408 g/mol. The van der Waals surface area contributed by atoms with Crippen LogP contribution >= 0.6 is 31.9 Å². The van der Waals surface area contributed by atoms with E-state index in [2.05, 4.69) is 54.6 Å². The van der Waals surface area contributed by atoms with E-state index in [1.165, 1.54) is 5.56 Å². The van der Waals surface area contributed by atoms with Crippen molar-refractivity contribution >= 4 is 31.9 Å². The number of aliphatic hydroxyl groups is 1. The summed E-state index contributed by atoms with van der Waals surface area (Å²) < 4.78 is 7.47. The molecule has 0 fully saturated rings. The third-order valence-electron chi connectivity index (χ3n) is 2.59. The van der Waals surface area contributed by atoms with E-state index in [9.17, 15) is 0 Å². The molecule has 0 aliphatic carbocycles. The summed E-state index contributed by atoms with van der Waals surface area (Å²) in [6, 6.07) is 4.12. The Morgan fingerprint density at radius 1 is 1.20 bits per heavy atom. The molecular weight excluding hydrogens is 388 g/mol. The first-order valence-corrected chi connectivity index (χ1v) is 8.33. The summed E-state index contributed by atoms with van der Waals surface area (Å²) in [4.78, 5) is 0. The summed E-state index contributed by atoms with van der Waals surface area (Å²) in [6.07, 6.45) is -0.298. The molecule has 6 heteroatoms. The highest BCUT2D eigenvalue weighted by atomic mass is 79.9. The van der Waals surface area contributed by atoms with Gasteiger partial charge < -0.3 is 20.5 Å². The number of ether oxygens (including phenoxy) is 1. The molecule has 0 amide bonds. The van der Waals surface area contributed by atoms with Crippen LogP contribution in [-0.2, 0) is 6.54 Å². The van der Waals surface area contributed by atoms with Gasteiger partial charge in [-0.2, -0.15) is 0 Å². The minimum Gasteiger partial charge on any atom is -0.492 e. The molecule has 3 N–H and O–H groups in total. The molecule has 0 bridgehead atoms. The molecule has 0 spiro atoms. The lowest BCUT2D eigenvalue weighted by atomic mass is 10.2. The summed E-state index contributed by atoms with van der Waals surface area (Å²) >= 11 is 7.05. The lowest BCUT2D eigenvalue weighted by Gasteiger charge is -2.12. The van der Waals surface area contributed by atoms with Crippen LogP contribution in [-0.4, -0.2) is 37.5 Å². The number of aliphatic hydroxyl groups excluding tert-OH is 1. The molecule has 0 aliphatic rings. The van der Waals surface area contributed by atoms with E-state index in [0.29, 0.717) is 13.2 Å². The largest absolute Gasteiger partial charge is 0.492 e. The summed E-state index contributed by atoms with van der Waals surface area (Å²) in [5.74, 6) is 0.842. The van der Waals surface area contributed by atoms with Crippen molar-refractivity contribution < 1.29 is 9.84 Å². The van der Waals surface area contributed by atoms with Crippen LogP contribution in [0.15, 0.2) is 21.1 Å². The maximum Gasteiger partial charge on any atom is 0.147 e. The van der Waals surface area contributed by atoms with Gasteiger partial charge in [-0.15, -0.1) is 0 Å². The molecule has 0 aromatic heterocycles. The molecule has 0 saturated heterocycles. The van der Waals surface area contributed by atoms with Crippen LogP contribution in [0.4, 0.5) is 0 Å². The molecule has 0 radical (unpaired) electrons. The molecule has 4 nitrogen and oxygen atoms in total. The van der Waals surface area contributed by atoms with Crippen LogP contribution in [0.3, 0.4) is 0 Å². The van der Waals surface area contributed by atoms with Crippen molar-refractivity contribution in [2.24, 2.45) is 0 Å². The van der Waals surface area contributed by atoms with Crippen LogP contribution in [0.5, 0.6) is 5.75 Å². The molecule has 114 valence electrons. The highest BCUT2D eigenvalue weighted by molar-refractivity contribution is 9.11. The van der Waals surface area contributed by atoms with Gasteiger partial charge in [-0.25, -0.2) is 0 Å². The summed E-state index contributed by atoms with van der Waals surface area (Å²) in [5.41, 5.74) is 1.18. The van der Waals surface area contributed by atoms with Crippen molar-refractivity contribution in [3.05, 3.63) is 26.6 Å². The van der Waals surface area contributed by atoms with Gasteiger partial charge >= 0.3 is 0 Å². The SMILES string of the molecule is CCOc1c(Br)cc(CNCCNCC(C)O)cc1Br. The van der Waals surface area contributed by atoms with Crippen molar-refractivity contribution in [3.63, 3.8) is 0 Å². The fraction of sp³-hybridized carbons (Fsp3) is 0.571. The Bertz CT molecular complexity index is 391. The van der Waals surface area contributed by atoms with Gasteiger partial charge in [0, 0.05) is 26.2 Å². The van der Waals surface area contributed by atoms with E-state index >= 15 is 0 Å². The van der Waals surface area contributed by atoms with Gasteiger partial charge in [0.25, 0.3) is 0 Å². The first kappa shape index (κ1) is 17.9. The Hall–Kier alpha value is -0.140. The minimum atomic E-state index is -0.298. The average molecular weight is 410 g/mol. The molecule has 1 atom stereocenters. The zero-order chi connectivity index (χ0) is 15.0. The number of benzene rings is 1. The maximum atomic E-state index is 9.11. The van der Waals surface area contributed by atoms with Gasteiger partial charge in [-0.3, -0.25) is 0 Å². The zero-order valence-electron chi connectivity index (χ0n) is 11.9. The molecule has 1 rings (SSSR count). The molecule has 20 heavy (non-hydrogen) atoms. The van der Waals surface area contributed by atoms with Crippen molar-refractivity contribution in [3.8, 4) is 5.75 Å². The summed E-state index contributed by atoms with van der Waals surface area (Å²) in [7, 11) is 0. The summed E-state index contributed by atoms with van der Waals surface area (Å²) in [6.45, 7) is 7.50. The zero-order valence-corrected chi connectivity index (χ0v) is 15.1. The van der Waals surface area contributed by atoms with Gasteiger partial charge in [-0.05, 0) is 63.4 Å². The van der Waals surface area contributed by atoms with E-state index in [4.69, 9.17) is 9.84 Å². The second-order valence-electron chi connectivity index (χ2n) is 4.55. The molecular formula is C14H22Br2N2O2. The van der Waals surface area contributed by atoms with Gasteiger partial charge in [0.15, 0.2) is 0 Å². The smallest absolute Gasteiger partial charge is 0.147 e. The Morgan fingerprint density at radius 3 is 2.35 bits per heavy atom. The molecule has 1 aromatic rings. The first-order valence-electron chi connectivity index (χ1n) is 6.74. The van der Waals surface area contributed by atoms with Crippen molar-refractivity contribution in [1.29, 1.82) is 0 Å². The van der Waals surface area contributed by atoms with E-state index < -0.39 is 0 Å². The normalized spacial score (nSPS) is 12.4. The van der Waals surface area contributed by atoms with Crippen LogP contribution in [0, 0.1) is 0 Å². The number of hydrogen-bond acceptors (Lipinski definition) is 4. The van der Waals surface area contributed by atoms with E-state index in [-0.39, 0.29) is 6.10 Å². The van der Waals surface area contributed by atoms with Crippen molar-refractivity contribution in [2.75, 3.05) is 26.2 Å². The number of hydrogen-bond donors (Lipinski definition) is 3. The van der Waals surface area contributed by atoms with Gasteiger partial charge in [0.1, 0.15) is 5.75 Å². The second kappa shape index (κ2) is 9.73. The summed E-state index contributed by atoms with van der Waals surface area (Å²) in [5, 5.41) is 15.6. The second-order valence-corrected chi connectivity index (χ2v) is 6.26. The van der Waals surface area contributed by atoms with Gasteiger partial charge in [0.05, 0.1) is 21.7 Å². The molecule has 0 saturated carbocycles. The predicted molar refractivity (Wildman–Crippen MR) is 89.3 cm³/mol. The quantitative estimate of drug-likeness (QED) is 0.549. The fourth-order valence-corrected chi connectivity index (χ4v) is 3.23. The number of rotatable bonds is 9. The van der Waals surface area contributed by atoms with E-state index in [1.54, 1.807) is 6.92 Å². The molecule has 0 heterocycles. The van der Waals surface area contributed by atoms with E-state index in [0.717, 1.165) is 34.3 Å². The number of nitrogens with one attached hydrogen (secondary N) is 2. The van der Waals surface area contributed by atoms with Crippen LogP contribution in [0.1, 0.15) is 19.4 Å². The maximum absolute atomic E-state index is 9.11. The topological polar surface area (TPSA) is 53.5 Å². The Labute approximate surface area is 137 Å². The Morgan fingerprint density at radius 2 is 1.80 bits per heavy atom. The highest BCUT2D eigenvalue weighted by Gasteiger charge is 2.08. The Kier molecular flexibility index (Phi) is 8.72. The van der Waals surface area contributed by atoms with Gasteiger partial charge in [0.2, 0.25) is 0 Å². The third-order valence-corrected chi connectivity index (χ3v) is 3.77. The standard InChI is InChI=1S/C14H22Br2N2O2/c1-3-20-14-12(15)6-11(7-13(14)16)9-18-5-4-17-8-10(2)19/h6-7,10,17-19H,3-5,8-9H2,1-2H3. The fourth-order valence-electron chi connectivity index (χ4n) is 1.72. The van der Waals surface area contributed by atoms with Crippen molar-refractivity contribution in [1.82, 2.24) is 10.6 Å². The third kappa shape index (κ3) is 6.54. The van der Waals surface area contributed by atoms with Crippen molar-refractivity contribution in [2.45, 2.75) is 26.5 Å². The van der Waals surface area contributed by atoms with Gasteiger partial charge in [-0.1, -0.05) is 0 Å². The molecule has 1 unspecified atom stereocenters.